The number of nitrogens with one attached hydrogen (secondary N) is 1. The Morgan fingerprint density at radius 3 is 2.38 bits per heavy atom. The lowest BCUT2D eigenvalue weighted by Gasteiger charge is -2.31. The third-order valence-corrected chi connectivity index (χ3v) is 3.16. The van der Waals surface area contributed by atoms with E-state index in [-0.39, 0.29) is 18.8 Å². The molecule has 0 amide bonds. The standard InChI is InChI=1S/C12H15F2N.ClH/c1-11(12(13,14)7-8-15-11)9-10-5-3-2-4-6-10;/h2-6,15H,7-9H2,1H3;1H. The van der Waals surface area contributed by atoms with Gasteiger partial charge in [0.15, 0.2) is 0 Å². The molecule has 0 bridgehead atoms. The first kappa shape index (κ1) is 13.4. The fraction of sp³-hybridized carbons (Fsp3) is 0.500. The monoisotopic (exact) mass is 247 g/mol. The Bertz CT molecular complexity index is 342. The Balaban J connectivity index is 0.00000128. The van der Waals surface area contributed by atoms with Crippen LogP contribution in [0.5, 0.6) is 0 Å². The molecule has 1 fully saturated rings. The second kappa shape index (κ2) is 4.68. The number of hydrogen-bond donors (Lipinski definition) is 1. The quantitative estimate of drug-likeness (QED) is 0.847. The minimum absolute atomic E-state index is 0. The van der Waals surface area contributed by atoms with E-state index in [1.54, 1.807) is 6.92 Å². The zero-order valence-electron chi connectivity index (χ0n) is 9.17. The summed E-state index contributed by atoms with van der Waals surface area (Å²) in [6.45, 7) is 2.00. The first-order chi connectivity index (χ1) is 7.04. The molecule has 1 aliphatic heterocycles. The Kier molecular flexibility index (Phi) is 3.92. The van der Waals surface area contributed by atoms with Gasteiger partial charge >= 0.3 is 0 Å². The maximum atomic E-state index is 13.6. The molecule has 0 aromatic heterocycles. The van der Waals surface area contributed by atoms with Gasteiger partial charge in [-0.15, -0.1) is 12.4 Å². The van der Waals surface area contributed by atoms with E-state index >= 15 is 0 Å². The lowest BCUT2D eigenvalue weighted by atomic mass is 9.88. The minimum atomic E-state index is -2.61. The van der Waals surface area contributed by atoms with Crippen molar-refractivity contribution in [2.45, 2.75) is 31.2 Å². The molecular formula is C12H16ClF2N. The van der Waals surface area contributed by atoms with E-state index in [2.05, 4.69) is 5.32 Å². The predicted molar refractivity (Wildman–Crippen MR) is 63.4 cm³/mol. The highest BCUT2D eigenvalue weighted by Crippen LogP contribution is 2.38. The summed E-state index contributed by atoms with van der Waals surface area (Å²) in [7, 11) is 0. The highest BCUT2D eigenvalue weighted by molar-refractivity contribution is 5.85. The van der Waals surface area contributed by atoms with Gasteiger partial charge in [-0.3, -0.25) is 0 Å². The minimum Gasteiger partial charge on any atom is -0.306 e. The molecule has 1 nitrogen and oxygen atoms in total. The smallest absolute Gasteiger partial charge is 0.267 e. The van der Waals surface area contributed by atoms with E-state index in [4.69, 9.17) is 0 Å². The van der Waals surface area contributed by atoms with E-state index in [0.29, 0.717) is 13.0 Å². The molecule has 1 unspecified atom stereocenters. The molecule has 16 heavy (non-hydrogen) atoms. The fourth-order valence-corrected chi connectivity index (χ4v) is 2.10. The van der Waals surface area contributed by atoms with Crippen molar-refractivity contribution in [2.75, 3.05) is 6.54 Å². The maximum absolute atomic E-state index is 13.6. The van der Waals surface area contributed by atoms with Crippen molar-refractivity contribution >= 4 is 12.4 Å². The second-order valence-electron chi connectivity index (χ2n) is 4.38. The largest absolute Gasteiger partial charge is 0.306 e. The van der Waals surface area contributed by atoms with Crippen LogP contribution in [0, 0.1) is 0 Å². The van der Waals surface area contributed by atoms with Crippen LogP contribution in [0.1, 0.15) is 18.9 Å². The van der Waals surface area contributed by atoms with Gasteiger partial charge in [-0.2, -0.15) is 0 Å². The normalized spacial score (nSPS) is 27.4. The molecule has 0 saturated carbocycles. The van der Waals surface area contributed by atoms with Crippen LogP contribution in [0.2, 0.25) is 0 Å². The molecule has 1 atom stereocenters. The third kappa shape index (κ3) is 2.36. The van der Waals surface area contributed by atoms with Crippen LogP contribution in [0.4, 0.5) is 8.78 Å². The first-order valence-electron chi connectivity index (χ1n) is 5.20. The van der Waals surface area contributed by atoms with Crippen LogP contribution >= 0.6 is 12.4 Å². The van der Waals surface area contributed by atoms with Gasteiger partial charge in [0.2, 0.25) is 0 Å². The molecule has 1 aliphatic rings. The van der Waals surface area contributed by atoms with Gasteiger partial charge < -0.3 is 5.32 Å². The van der Waals surface area contributed by atoms with Crippen LogP contribution in [-0.4, -0.2) is 18.0 Å². The lowest BCUT2D eigenvalue weighted by molar-refractivity contribution is -0.0529. The Labute approximate surface area is 101 Å². The summed E-state index contributed by atoms with van der Waals surface area (Å²) in [4.78, 5) is 0. The van der Waals surface area contributed by atoms with Gasteiger partial charge in [-0.1, -0.05) is 30.3 Å². The summed E-state index contributed by atoms with van der Waals surface area (Å²) >= 11 is 0. The average molecular weight is 248 g/mol. The topological polar surface area (TPSA) is 12.0 Å². The maximum Gasteiger partial charge on any atom is 0.267 e. The number of rotatable bonds is 2. The summed E-state index contributed by atoms with van der Waals surface area (Å²) in [5.74, 6) is -2.61. The van der Waals surface area contributed by atoms with Gasteiger partial charge in [0.1, 0.15) is 0 Å². The summed E-state index contributed by atoms with van der Waals surface area (Å²) in [6.07, 6.45) is 0.317. The molecule has 0 radical (unpaired) electrons. The van der Waals surface area contributed by atoms with Gasteiger partial charge in [0.05, 0.1) is 5.54 Å². The molecule has 1 saturated heterocycles. The summed E-state index contributed by atoms with van der Waals surface area (Å²) < 4.78 is 27.2. The SMILES string of the molecule is CC1(Cc2ccccc2)NCCC1(F)F.Cl. The van der Waals surface area contributed by atoms with E-state index in [1.165, 1.54) is 0 Å². The molecule has 0 aliphatic carbocycles. The van der Waals surface area contributed by atoms with Gasteiger partial charge in [-0.25, -0.2) is 8.78 Å². The zero-order chi connectivity index (χ0) is 10.9. The number of alkyl halides is 2. The molecule has 1 aromatic rings. The molecule has 2 rings (SSSR count). The van der Waals surface area contributed by atoms with Crippen molar-refractivity contribution in [3.05, 3.63) is 35.9 Å². The molecule has 4 heteroatoms. The average Bonchev–Trinajstić information content (AvgIpc) is 2.43. The van der Waals surface area contributed by atoms with Gasteiger partial charge in [-0.05, 0) is 18.9 Å². The molecule has 90 valence electrons. The second-order valence-corrected chi connectivity index (χ2v) is 4.38. The lowest BCUT2D eigenvalue weighted by Crippen LogP contribution is -2.50. The van der Waals surface area contributed by atoms with Crippen LogP contribution in [-0.2, 0) is 6.42 Å². The highest BCUT2D eigenvalue weighted by Gasteiger charge is 2.53. The van der Waals surface area contributed by atoms with Gasteiger partial charge in [0, 0.05) is 13.0 Å². The summed E-state index contributed by atoms with van der Waals surface area (Å²) in [5.41, 5.74) is -0.136. The Morgan fingerprint density at radius 1 is 1.25 bits per heavy atom. The fourth-order valence-electron chi connectivity index (χ4n) is 2.10. The molecule has 1 N–H and O–H groups in total. The third-order valence-electron chi connectivity index (χ3n) is 3.16. The zero-order valence-corrected chi connectivity index (χ0v) is 9.99. The first-order valence-corrected chi connectivity index (χ1v) is 5.20. The molecule has 0 spiro atoms. The van der Waals surface area contributed by atoms with Crippen molar-refractivity contribution in [3.63, 3.8) is 0 Å². The van der Waals surface area contributed by atoms with Crippen LogP contribution in [0.15, 0.2) is 30.3 Å². The number of halogens is 3. The van der Waals surface area contributed by atoms with E-state index < -0.39 is 11.5 Å². The van der Waals surface area contributed by atoms with E-state index in [0.717, 1.165) is 5.56 Å². The van der Waals surface area contributed by atoms with Crippen molar-refractivity contribution in [2.24, 2.45) is 0 Å². The number of benzene rings is 1. The Hall–Kier alpha value is -0.670. The Morgan fingerprint density at radius 2 is 1.88 bits per heavy atom. The molecular weight excluding hydrogens is 232 g/mol. The molecule has 1 aromatic carbocycles. The highest BCUT2D eigenvalue weighted by atomic mass is 35.5. The van der Waals surface area contributed by atoms with Crippen molar-refractivity contribution < 1.29 is 8.78 Å². The summed E-state index contributed by atoms with van der Waals surface area (Å²) in [5, 5.41) is 2.92. The van der Waals surface area contributed by atoms with Crippen LogP contribution in [0.3, 0.4) is 0 Å². The summed E-state index contributed by atoms with van der Waals surface area (Å²) in [6, 6.07) is 9.44. The molecule has 1 heterocycles. The van der Waals surface area contributed by atoms with Crippen LogP contribution in [0.25, 0.3) is 0 Å². The van der Waals surface area contributed by atoms with E-state index in [1.807, 2.05) is 30.3 Å². The number of hydrogen-bond acceptors (Lipinski definition) is 1. The van der Waals surface area contributed by atoms with Crippen molar-refractivity contribution in [1.29, 1.82) is 0 Å². The van der Waals surface area contributed by atoms with Crippen molar-refractivity contribution in [3.8, 4) is 0 Å². The van der Waals surface area contributed by atoms with Crippen LogP contribution < -0.4 is 5.32 Å². The predicted octanol–water partition coefficient (Wildman–Crippen LogP) is 3.04. The van der Waals surface area contributed by atoms with E-state index in [9.17, 15) is 8.78 Å². The van der Waals surface area contributed by atoms with Gasteiger partial charge in [0.25, 0.3) is 5.92 Å². The van der Waals surface area contributed by atoms with Crippen molar-refractivity contribution in [1.82, 2.24) is 5.32 Å².